The number of amides is 1. The highest BCUT2D eigenvalue weighted by molar-refractivity contribution is 9.10. The van der Waals surface area contributed by atoms with Crippen LogP contribution in [-0.4, -0.2) is 27.9 Å². The lowest BCUT2D eigenvalue weighted by molar-refractivity contribution is -0.187. The van der Waals surface area contributed by atoms with Crippen molar-refractivity contribution in [1.82, 2.24) is 15.1 Å². The van der Waals surface area contributed by atoms with Crippen molar-refractivity contribution < 1.29 is 18.0 Å². The first kappa shape index (κ1) is 19.9. The fourth-order valence-corrected chi connectivity index (χ4v) is 3.82. The van der Waals surface area contributed by atoms with Crippen molar-refractivity contribution in [2.45, 2.75) is 51.7 Å². The summed E-state index contributed by atoms with van der Waals surface area (Å²) in [5, 5.41) is 7.02. The summed E-state index contributed by atoms with van der Waals surface area (Å²) in [5.74, 6) is -1.95. The van der Waals surface area contributed by atoms with E-state index in [4.69, 9.17) is 0 Å². The molecule has 2 unspecified atom stereocenters. The molecule has 1 aromatic carbocycles. The number of alkyl halides is 3. The van der Waals surface area contributed by atoms with E-state index in [2.05, 4.69) is 26.3 Å². The summed E-state index contributed by atoms with van der Waals surface area (Å²) >= 11 is 3.47. The van der Waals surface area contributed by atoms with Crippen LogP contribution in [0.5, 0.6) is 0 Å². The first-order chi connectivity index (χ1) is 12.7. The van der Waals surface area contributed by atoms with Crippen molar-refractivity contribution in [3.63, 3.8) is 0 Å². The molecule has 1 N–H and O–H groups in total. The number of halogens is 4. The molecule has 1 heterocycles. The van der Waals surface area contributed by atoms with Crippen molar-refractivity contribution in [1.29, 1.82) is 0 Å². The summed E-state index contributed by atoms with van der Waals surface area (Å²) in [6.07, 6.45) is -2.62. The Labute approximate surface area is 164 Å². The molecular formula is C19H21BrF3N3O. The number of nitrogens with one attached hydrogen (secondary N) is 1. The summed E-state index contributed by atoms with van der Waals surface area (Å²) in [7, 11) is 0. The Kier molecular flexibility index (Phi) is 5.65. The Morgan fingerprint density at radius 1 is 1.19 bits per heavy atom. The van der Waals surface area contributed by atoms with Gasteiger partial charge in [-0.15, -0.1) is 0 Å². The van der Waals surface area contributed by atoms with Gasteiger partial charge in [0.1, 0.15) is 0 Å². The molecule has 27 heavy (non-hydrogen) atoms. The minimum atomic E-state index is -4.29. The molecule has 0 saturated heterocycles. The largest absolute Gasteiger partial charge is 0.393 e. The maximum Gasteiger partial charge on any atom is 0.393 e. The molecule has 3 rings (SSSR count). The highest BCUT2D eigenvalue weighted by Gasteiger charge is 2.45. The van der Waals surface area contributed by atoms with Gasteiger partial charge in [0.05, 0.1) is 27.5 Å². The molecule has 0 radical (unpaired) electrons. The summed E-state index contributed by atoms with van der Waals surface area (Å²) in [4.78, 5) is 12.4. The Morgan fingerprint density at radius 3 is 2.37 bits per heavy atom. The average molecular weight is 444 g/mol. The maximum atomic E-state index is 13.2. The third-order valence-corrected chi connectivity index (χ3v) is 6.23. The van der Waals surface area contributed by atoms with E-state index in [1.54, 1.807) is 28.9 Å². The normalized spacial score (nSPS) is 20.5. The Bertz CT molecular complexity index is 830. The fraction of sp³-hybridized carbons (Fsp3) is 0.474. The monoisotopic (exact) mass is 443 g/mol. The molecule has 0 spiro atoms. The number of rotatable bonds is 3. The van der Waals surface area contributed by atoms with Crippen molar-refractivity contribution >= 4 is 21.8 Å². The standard InChI is InChI=1S/C19H21BrF3N3O/c1-11-17(20)12(2)26(25-11)14-9-7-13(8-10-14)18(27)24-16-6-4-3-5-15(16)19(21,22)23/h7-10,15-16H,3-6H2,1-2H3,(H,24,27). The van der Waals surface area contributed by atoms with Gasteiger partial charge in [-0.2, -0.15) is 18.3 Å². The molecule has 1 aromatic heterocycles. The zero-order valence-corrected chi connectivity index (χ0v) is 16.7. The highest BCUT2D eigenvalue weighted by Crippen LogP contribution is 2.37. The van der Waals surface area contributed by atoms with Crippen LogP contribution in [0.3, 0.4) is 0 Å². The van der Waals surface area contributed by atoms with Gasteiger partial charge in [0.25, 0.3) is 5.91 Å². The van der Waals surface area contributed by atoms with Crippen LogP contribution in [0, 0.1) is 19.8 Å². The van der Waals surface area contributed by atoms with Gasteiger partial charge in [-0.1, -0.05) is 12.8 Å². The van der Waals surface area contributed by atoms with Gasteiger partial charge in [-0.3, -0.25) is 4.79 Å². The lowest BCUT2D eigenvalue weighted by Crippen LogP contribution is -2.47. The SMILES string of the molecule is Cc1nn(-c2ccc(C(=O)NC3CCCCC3C(F)(F)F)cc2)c(C)c1Br. The van der Waals surface area contributed by atoms with Crippen LogP contribution in [0.1, 0.15) is 47.4 Å². The van der Waals surface area contributed by atoms with Gasteiger partial charge in [0.15, 0.2) is 0 Å². The van der Waals surface area contributed by atoms with Crippen LogP contribution in [0.25, 0.3) is 5.69 Å². The van der Waals surface area contributed by atoms with E-state index < -0.39 is 24.0 Å². The molecule has 1 aliphatic rings. The molecule has 2 aromatic rings. The average Bonchev–Trinajstić information content (AvgIpc) is 2.89. The summed E-state index contributed by atoms with van der Waals surface area (Å²) in [5.41, 5.74) is 2.90. The van der Waals surface area contributed by atoms with Crippen LogP contribution >= 0.6 is 15.9 Å². The molecule has 8 heteroatoms. The summed E-state index contributed by atoms with van der Waals surface area (Å²) in [6, 6.07) is 5.84. The van der Waals surface area contributed by atoms with Crippen molar-refractivity contribution in [2.75, 3.05) is 0 Å². The molecule has 0 aliphatic heterocycles. The quantitative estimate of drug-likeness (QED) is 0.716. The van der Waals surface area contributed by atoms with E-state index in [1.807, 2.05) is 13.8 Å². The second kappa shape index (κ2) is 7.66. The lowest BCUT2D eigenvalue weighted by Gasteiger charge is -2.33. The van der Waals surface area contributed by atoms with Crippen LogP contribution in [0.15, 0.2) is 28.7 Å². The molecule has 1 aliphatic carbocycles. The topological polar surface area (TPSA) is 46.9 Å². The third-order valence-electron chi connectivity index (χ3n) is 5.08. The molecular weight excluding hydrogens is 423 g/mol. The smallest absolute Gasteiger partial charge is 0.349 e. The van der Waals surface area contributed by atoms with Crippen LogP contribution in [0.2, 0.25) is 0 Å². The molecule has 0 bridgehead atoms. The number of carbonyl (C=O) groups excluding carboxylic acids is 1. The molecule has 4 nitrogen and oxygen atoms in total. The number of aryl methyl sites for hydroxylation is 1. The van der Waals surface area contributed by atoms with E-state index >= 15 is 0 Å². The number of benzene rings is 1. The number of aromatic nitrogens is 2. The third kappa shape index (κ3) is 4.20. The Hall–Kier alpha value is -1.83. The Balaban J connectivity index is 1.75. The zero-order valence-electron chi connectivity index (χ0n) is 15.1. The van der Waals surface area contributed by atoms with Gasteiger partial charge in [-0.25, -0.2) is 4.68 Å². The molecule has 2 atom stereocenters. The van der Waals surface area contributed by atoms with Gasteiger partial charge < -0.3 is 5.32 Å². The van der Waals surface area contributed by atoms with E-state index in [-0.39, 0.29) is 6.42 Å². The van der Waals surface area contributed by atoms with Crippen LogP contribution in [0.4, 0.5) is 13.2 Å². The molecule has 1 saturated carbocycles. The van der Waals surface area contributed by atoms with E-state index in [0.29, 0.717) is 24.8 Å². The van der Waals surface area contributed by atoms with Crippen molar-refractivity contribution in [3.05, 3.63) is 45.7 Å². The number of nitrogens with zero attached hydrogens (tertiary/aromatic N) is 2. The first-order valence-electron chi connectivity index (χ1n) is 8.88. The fourth-order valence-electron chi connectivity index (χ4n) is 3.58. The minimum Gasteiger partial charge on any atom is -0.349 e. The van der Waals surface area contributed by atoms with E-state index in [1.165, 1.54) is 0 Å². The van der Waals surface area contributed by atoms with E-state index in [9.17, 15) is 18.0 Å². The minimum absolute atomic E-state index is 0.0696. The van der Waals surface area contributed by atoms with Gasteiger partial charge in [0, 0.05) is 11.6 Å². The van der Waals surface area contributed by atoms with Gasteiger partial charge in [0.2, 0.25) is 0 Å². The summed E-state index contributed by atoms with van der Waals surface area (Å²) in [6.45, 7) is 3.81. The number of hydrogen-bond donors (Lipinski definition) is 1. The second-order valence-corrected chi connectivity index (χ2v) is 7.75. The molecule has 1 fully saturated rings. The van der Waals surface area contributed by atoms with Gasteiger partial charge >= 0.3 is 6.18 Å². The predicted octanol–water partition coefficient (Wildman–Crippen LogP) is 5.10. The van der Waals surface area contributed by atoms with Gasteiger partial charge in [-0.05, 0) is 66.9 Å². The van der Waals surface area contributed by atoms with Crippen molar-refractivity contribution in [3.8, 4) is 5.69 Å². The Morgan fingerprint density at radius 2 is 1.81 bits per heavy atom. The highest BCUT2D eigenvalue weighted by atomic mass is 79.9. The first-order valence-corrected chi connectivity index (χ1v) is 9.67. The molecule has 1 amide bonds. The van der Waals surface area contributed by atoms with Crippen LogP contribution in [-0.2, 0) is 0 Å². The number of carbonyl (C=O) groups is 1. The van der Waals surface area contributed by atoms with Crippen molar-refractivity contribution in [2.24, 2.45) is 5.92 Å². The van der Waals surface area contributed by atoms with Crippen LogP contribution < -0.4 is 5.32 Å². The second-order valence-electron chi connectivity index (χ2n) is 6.96. The lowest BCUT2D eigenvalue weighted by atomic mass is 9.84. The predicted molar refractivity (Wildman–Crippen MR) is 100 cm³/mol. The zero-order chi connectivity index (χ0) is 19.8. The number of hydrogen-bond acceptors (Lipinski definition) is 2. The molecule has 146 valence electrons. The summed E-state index contributed by atoms with van der Waals surface area (Å²) < 4.78 is 42.2. The van der Waals surface area contributed by atoms with E-state index in [0.717, 1.165) is 21.5 Å². The maximum absolute atomic E-state index is 13.2.